The van der Waals surface area contributed by atoms with Crippen LogP contribution in [0.15, 0.2) is 60.7 Å². The first-order valence-corrected chi connectivity index (χ1v) is 9.53. The Morgan fingerprint density at radius 1 is 0.700 bits per heavy atom. The number of hydrogen-bond donors (Lipinski definition) is 0. The van der Waals surface area contributed by atoms with Crippen LogP contribution in [-0.4, -0.2) is 24.5 Å². The second-order valence-corrected chi connectivity index (χ2v) is 9.27. The zero-order valence-corrected chi connectivity index (χ0v) is 12.8. The maximum absolute atomic E-state index is 6.05. The number of hydrogen-bond acceptors (Lipinski definition) is 2. The predicted octanol–water partition coefficient (Wildman–Crippen LogP) is 3.23. The molecule has 0 bridgehead atoms. The summed E-state index contributed by atoms with van der Waals surface area (Å²) in [5.74, 6) is 0. The van der Waals surface area contributed by atoms with Gasteiger partial charge in [0.25, 0.3) is 0 Å². The van der Waals surface area contributed by atoms with Gasteiger partial charge < -0.3 is 9.05 Å². The number of rotatable bonds is 2. The van der Waals surface area contributed by atoms with Crippen molar-refractivity contribution in [2.75, 3.05) is 13.2 Å². The fraction of sp³-hybridized carbons (Fsp3) is 0.250. The molecule has 0 aromatic heterocycles. The maximum atomic E-state index is 6.05. The van der Waals surface area contributed by atoms with Crippen molar-refractivity contribution >= 4 is 26.9 Å². The molecule has 0 aliphatic carbocycles. The molecule has 2 heterocycles. The first-order valence-electron chi connectivity index (χ1n) is 6.88. The van der Waals surface area contributed by atoms with Gasteiger partial charge in [-0.15, -0.1) is 0 Å². The Bertz CT molecular complexity index is 524. The van der Waals surface area contributed by atoms with Gasteiger partial charge >= 0.3 is 0 Å². The van der Waals surface area contributed by atoms with Crippen molar-refractivity contribution in [2.24, 2.45) is 0 Å². The summed E-state index contributed by atoms with van der Waals surface area (Å²) in [4.78, 5) is 0. The Kier molecular flexibility index (Phi) is 3.58. The molecule has 2 aromatic carbocycles. The summed E-state index contributed by atoms with van der Waals surface area (Å²) in [6, 6.07) is 21.2. The van der Waals surface area contributed by atoms with Gasteiger partial charge in [-0.25, -0.2) is 0 Å². The standard InChI is InChI=1S/C16H16O2P2/c1-3-7-13(8-4-1)19-15-11-17-20(18-12-16(15)19)14-9-5-2-6-10-14/h1-10,15-16H,11-12H2/t15-,16+,19?,20?. The molecule has 0 saturated carbocycles. The van der Waals surface area contributed by atoms with Gasteiger partial charge in [-0.2, -0.15) is 0 Å². The average molecular weight is 302 g/mol. The normalized spacial score (nSPS) is 32.2. The largest absolute Gasteiger partial charge is 0.330 e. The second-order valence-electron chi connectivity index (χ2n) is 5.06. The third kappa shape index (κ3) is 2.43. The fourth-order valence-corrected chi connectivity index (χ4v) is 7.14. The minimum atomic E-state index is -0.867. The lowest BCUT2D eigenvalue weighted by Crippen LogP contribution is -2.07. The average Bonchev–Trinajstić information content (AvgIpc) is 3.24. The molecule has 0 radical (unpaired) electrons. The zero-order chi connectivity index (χ0) is 13.4. The third-order valence-corrected chi connectivity index (χ3v) is 8.30. The summed E-state index contributed by atoms with van der Waals surface area (Å²) < 4.78 is 12.1. The molecule has 4 rings (SSSR count). The highest BCUT2D eigenvalue weighted by atomic mass is 31.2. The molecule has 20 heavy (non-hydrogen) atoms. The van der Waals surface area contributed by atoms with E-state index in [1.807, 2.05) is 18.2 Å². The van der Waals surface area contributed by atoms with Crippen LogP contribution in [0.25, 0.3) is 0 Å². The lowest BCUT2D eigenvalue weighted by Gasteiger charge is -2.16. The van der Waals surface area contributed by atoms with Crippen molar-refractivity contribution in [3.63, 3.8) is 0 Å². The van der Waals surface area contributed by atoms with Gasteiger partial charge in [-0.1, -0.05) is 56.5 Å². The van der Waals surface area contributed by atoms with E-state index in [2.05, 4.69) is 42.5 Å². The van der Waals surface area contributed by atoms with Crippen LogP contribution < -0.4 is 10.6 Å². The Morgan fingerprint density at radius 2 is 1.20 bits per heavy atom. The van der Waals surface area contributed by atoms with Crippen molar-refractivity contribution in [1.82, 2.24) is 0 Å². The summed E-state index contributed by atoms with van der Waals surface area (Å²) in [7, 11) is -0.922. The van der Waals surface area contributed by atoms with Crippen LogP contribution in [0.2, 0.25) is 0 Å². The second kappa shape index (κ2) is 5.54. The van der Waals surface area contributed by atoms with E-state index >= 15 is 0 Å². The van der Waals surface area contributed by atoms with Crippen LogP contribution >= 0.6 is 16.3 Å². The Hall–Kier alpha value is -0.780. The molecule has 2 aromatic rings. The minimum absolute atomic E-state index is 0.0548. The van der Waals surface area contributed by atoms with Gasteiger partial charge in [0.15, 0.2) is 0 Å². The van der Waals surface area contributed by atoms with E-state index in [1.54, 1.807) is 0 Å². The van der Waals surface area contributed by atoms with Gasteiger partial charge in [-0.3, -0.25) is 0 Å². The molecule has 0 amide bonds. The first kappa shape index (κ1) is 12.9. The van der Waals surface area contributed by atoms with Crippen LogP contribution in [0.1, 0.15) is 0 Å². The van der Waals surface area contributed by atoms with E-state index in [-0.39, 0.29) is 7.92 Å². The quantitative estimate of drug-likeness (QED) is 0.793. The topological polar surface area (TPSA) is 18.5 Å². The van der Waals surface area contributed by atoms with Gasteiger partial charge in [-0.05, 0) is 17.4 Å². The molecule has 0 N–H and O–H groups in total. The summed E-state index contributed by atoms with van der Waals surface area (Å²) in [6.45, 7) is 1.71. The Labute approximate surface area is 121 Å². The summed E-state index contributed by atoms with van der Waals surface area (Å²) in [5.41, 5.74) is 1.40. The van der Waals surface area contributed by atoms with Crippen LogP contribution in [0.4, 0.5) is 0 Å². The van der Waals surface area contributed by atoms with Crippen LogP contribution in [0.3, 0.4) is 0 Å². The molecule has 4 atom stereocenters. The van der Waals surface area contributed by atoms with Gasteiger partial charge in [0.1, 0.15) is 0 Å². The first-order chi connectivity index (χ1) is 9.93. The molecule has 4 heteroatoms. The zero-order valence-electron chi connectivity index (χ0n) is 11.1. The smallest absolute Gasteiger partial charge is 0.205 e. The van der Waals surface area contributed by atoms with E-state index < -0.39 is 8.38 Å². The maximum Gasteiger partial charge on any atom is 0.205 e. The predicted molar refractivity (Wildman–Crippen MR) is 85.5 cm³/mol. The van der Waals surface area contributed by atoms with Gasteiger partial charge in [0.2, 0.25) is 8.38 Å². The summed E-state index contributed by atoms with van der Waals surface area (Å²) in [5, 5.41) is 2.68. The van der Waals surface area contributed by atoms with Crippen LogP contribution in [-0.2, 0) is 9.05 Å². The number of fused-ring (bicyclic) bond motifs is 1. The van der Waals surface area contributed by atoms with Crippen molar-refractivity contribution < 1.29 is 9.05 Å². The van der Waals surface area contributed by atoms with E-state index in [0.29, 0.717) is 11.3 Å². The van der Waals surface area contributed by atoms with Gasteiger partial charge in [0.05, 0.1) is 13.2 Å². The molecule has 2 nitrogen and oxygen atoms in total. The monoisotopic (exact) mass is 302 g/mol. The SMILES string of the molecule is c1ccc(P2OC[C@@H]3[C@H](CO2)P3c2ccccc2)cc1. The highest BCUT2D eigenvalue weighted by molar-refractivity contribution is 7.74. The Morgan fingerprint density at radius 3 is 1.75 bits per heavy atom. The molecule has 2 aliphatic rings. The molecular formula is C16H16O2P2. The van der Waals surface area contributed by atoms with Crippen molar-refractivity contribution in [1.29, 1.82) is 0 Å². The Balaban J connectivity index is 1.45. The molecule has 0 spiro atoms. The van der Waals surface area contributed by atoms with Crippen LogP contribution in [0.5, 0.6) is 0 Å². The van der Waals surface area contributed by atoms with Crippen LogP contribution in [0, 0.1) is 0 Å². The summed E-state index contributed by atoms with van der Waals surface area (Å²) >= 11 is 0. The van der Waals surface area contributed by atoms with E-state index in [0.717, 1.165) is 13.2 Å². The molecular weight excluding hydrogens is 286 g/mol. The molecule has 2 saturated heterocycles. The van der Waals surface area contributed by atoms with E-state index in [9.17, 15) is 0 Å². The molecule has 2 fully saturated rings. The number of benzene rings is 2. The lowest BCUT2D eigenvalue weighted by molar-refractivity contribution is 0.300. The lowest BCUT2D eigenvalue weighted by atomic mass is 10.3. The fourth-order valence-electron chi connectivity index (χ4n) is 2.72. The molecule has 2 aliphatic heterocycles. The highest BCUT2D eigenvalue weighted by Gasteiger charge is 2.52. The summed E-state index contributed by atoms with van der Waals surface area (Å²) in [6.07, 6.45) is 0. The highest BCUT2D eigenvalue weighted by Crippen LogP contribution is 2.68. The van der Waals surface area contributed by atoms with E-state index in [4.69, 9.17) is 9.05 Å². The van der Waals surface area contributed by atoms with Crippen molar-refractivity contribution in [3.05, 3.63) is 60.7 Å². The van der Waals surface area contributed by atoms with E-state index in [1.165, 1.54) is 10.6 Å². The molecule has 102 valence electrons. The van der Waals surface area contributed by atoms with Crippen molar-refractivity contribution in [2.45, 2.75) is 11.3 Å². The minimum Gasteiger partial charge on any atom is -0.330 e. The molecule has 2 unspecified atom stereocenters. The van der Waals surface area contributed by atoms with Crippen molar-refractivity contribution in [3.8, 4) is 0 Å². The third-order valence-electron chi connectivity index (χ3n) is 3.82. The van der Waals surface area contributed by atoms with Gasteiger partial charge in [0, 0.05) is 16.6 Å².